The SMILES string of the molecule is NC(Cc1ccc(Br)s1)C1C2CCCC21. The summed E-state index contributed by atoms with van der Waals surface area (Å²) in [5.41, 5.74) is 6.30. The number of thiophene rings is 1. The van der Waals surface area contributed by atoms with Gasteiger partial charge in [0.25, 0.3) is 0 Å². The molecule has 3 unspecified atom stereocenters. The molecule has 1 nitrogen and oxygen atoms in total. The Morgan fingerprint density at radius 3 is 2.73 bits per heavy atom. The first-order chi connectivity index (χ1) is 7.25. The minimum Gasteiger partial charge on any atom is -0.327 e. The van der Waals surface area contributed by atoms with Gasteiger partial charge >= 0.3 is 0 Å². The number of hydrogen-bond acceptors (Lipinski definition) is 2. The van der Waals surface area contributed by atoms with Gasteiger partial charge < -0.3 is 5.73 Å². The molecule has 0 aromatic carbocycles. The van der Waals surface area contributed by atoms with Crippen LogP contribution in [0, 0.1) is 17.8 Å². The van der Waals surface area contributed by atoms with E-state index in [9.17, 15) is 0 Å². The summed E-state index contributed by atoms with van der Waals surface area (Å²) in [6.07, 6.45) is 5.41. The van der Waals surface area contributed by atoms with Crippen molar-refractivity contribution >= 4 is 27.3 Å². The molecule has 2 aliphatic carbocycles. The second kappa shape index (κ2) is 3.86. The summed E-state index contributed by atoms with van der Waals surface area (Å²) in [7, 11) is 0. The van der Waals surface area contributed by atoms with Gasteiger partial charge in [0.05, 0.1) is 3.79 Å². The van der Waals surface area contributed by atoms with Crippen molar-refractivity contribution in [1.29, 1.82) is 0 Å². The lowest BCUT2D eigenvalue weighted by Crippen LogP contribution is -2.27. The van der Waals surface area contributed by atoms with Crippen LogP contribution in [0.1, 0.15) is 24.1 Å². The van der Waals surface area contributed by atoms with Gasteiger partial charge in [-0.05, 0) is 65.1 Å². The lowest BCUT2D eigenvalue weighted by molar-refractivity contribution is 0.486. The lowest BCUT2D eigenvalue weighted by Gasteiger charge is -2.12. The molecule has 1 aromatic heterocycles. The fourth-order valence-corrected chi connectivity index (χ4v) is 4.90. The average molecular weight is 286 g/mol. The maximum absolute atomic E-state index is 6.30. The first-order valence-electron chi connectivity index (χ1n) is 5.75. The molecule has 3 heteroatoms. The molecular formula is C12H16BrNS. The third kappa shape index (κ3) is 1.90. The first-order valence-corrected chi connectivity index (χ1v) is 7.36. The van der Waals surface area contributed by atoms with Crippen LogP contribution in [0.4, 0.5) is 0 Å². The van der Waals surface area contributed by atoms with Crippen molar-refractivity contribution in [3.8, 4) is 0 Å². The Hall–Kier alpha value is 0.140. The van der Waals surface area contributed by atoms with Crippen molar-refractivity contribution in [2.75, 3.05) is 0 Å². The van der Waals surface area contributed by atoms with Crippen molar-refractivity contribution in [1.82, 2.24) is 0 Å². The second-order valence-electron chi connectivity index (χ2n) is 4.91. The Balaban J connectivity index is 1.60. The molecule has 0 radical (unpaired) electrons. The van der Waals surface area contributed by atoms with Gasteiger partial charge in [-0.3, -0.25) is 0 Å². The molecule has 1 aromatic rings. The first kappa shape index (κ1) is 10.3. The van der Waals surface area contributed by atoms with E-state index in [4.69, 9.17) is 5.73 Å². The molecule has 2 saturated carbocycles. The second-order valence-corrected chi connectivity index (χ2v) is 7.46. The topological polar surface area (TPSA) is 26.0 Å². The van der Waals surface area contributed by atoms with E-state index in [-0.39, 0.29) is 0 Å². The molecule has 3 atom stereocenters. The summed E-state index contributed by atoms with van der Waals surface area (Å²) in [6, 6.07) is 4.73. The normalized spacial score (nSPS) is 35.2. The molecule has 3 rings (SSSR count). The summed E-state index contributed by atoms with van der Waals surface area (Å²) in [6.45, 7) is 0. The van der Waals surface area contributed by atoms with E-state index < -0.39 is 0 Å². The van der Waals surface area contributed by atoms with Crippen LogP contribution in [0.25, 0.3) is 0 Å². The highest BCUT2D eigenvalue weighted by atomic mass is 79.9. The molecular weight excluding hydrogens is 270 g/mol. The van der Waals surface area contributed by atoms with E-state index in [1.54, 1.807) is 0 Å². The van der Waals surface area contributed by atoms with E-state index in [0.29, 0.717) is 6.04 Å². The minimum atomic E-state index is 0.408. The zero-order valence-electron chi connectivity index (χ0n) is 8.66. The fraction of sp³-hybridized carbons (Fsp3) is 0.667. The molecule has 2 N–H and O–H groups in total. The molecule has 15 heavy (non-hydrogen) atoms. The van der Waals surface area contributed by atoms with Gasteiger partial charge in [0, 0.05) is 10.9 Å². The van der Waals surface area contributed by atoms with Gasteiger partial charge in [-0.25, -0.2) is 0 Å². The smallest absolute Gasteiger partial charge is 0.0701 e. The third-order valence-electron chi connectivity index (χ3n) is 4.03. The highest BCUT2D eigenvalue weighted by molar-refractivity contribution is 9.11. The van der Waals surface area contributed by atoms with Crippen molar-refractivity contribution < 1.29 is 0 Å². The van der Waals surface area contributed by atoms with Crippen molar-refractivity contribution in [2.45, 2.75) is 31.7 Å². The van der Waals surface area contributed by atoms with Crippen LogP contribution < -0.4 is 5.73 Å². The van der Waals surface area contributed by atoms with E-state index in [1.165, 1.54) is 27.9 Å². The summed E-state index contributed by atoms with van der Waals surface area (Å²) < 4.78 is 1.22. The van der Waals surface area contributed by atoms with Crippen LogP contribution in [0.3, 0.4) is 0 Å². The number of hydrogen-bond donors (Lipinski definition) is 1. The molecule has 0 spiro atoms. The Bertz CT molecular complexity index is 352. The molecule has 2 aliphatic rings. The molecule has 0 aliphatic heterocycles. The van der Waals surface area contributed by atoms with E-state index >= 15 is 0 Å². The Morgan fingerprint density at radius 1 is 1.40 bits per heavy atom. The van der Waals surface area contributed by atoms with E-state index in [2.05, 4.69) is 28.1 Å². The average Bonchev–Trinajstić information content (AvgIpc) is 2.60. The van der Waals surface area contributed by atoms with Gasteiger partial charge in [0.15, 0.2) is 0 Å². The molecule has 82 valence electrons. The largest absolute Gasteiger partial charge is 0.327 e. The Kier molecular flexibility index (Phi) is 2.65. The van der Waals surface area contributed by atoms with Crippen LogP contribution in [0.2, 0.25) is 0 Å². The molecule has 1 heterocycles. The zero-order chi connectivity index (χ0) is 10.4. The summed E-state index contributed by atoms with van der Waals surface area (Å²) >= 11 is 5.33. The van der Waals surface area contributed by atoms with Crippen LogP contribution in [0.15, 0.2) is 15.9 Å². The molecule has 0 bridgehead atoms. The van der Waals surface area contributed by atoms with Gasteiger partial charge in [-0.1, -0.05) is 6.42 Å². The highest BCUT2D eigenvalue weighted by Crippen LogP contribution is 2.58. The quantitative estimate of drug-likeness (QED) is 0.905. The van der Waals surface area contributed by atoms with Crippen molar-refractivity contribution in [3.63, 3.8) is 0 Å². The minimum absolute atomic E-state index is 0.408. The zero-order valence-corrected chi connectivity index (χ0v) is 11.1. The van der Waals surface area contributed by atoms with Gasteiger partial charge in [-0.15, -0.1) is 11.3 Å². The van der Waals surface area contributed by atoms with Gasteiger partial charge in [0.2, 0.25) is 0 Å². The van der Waals surface area contributed by atoms with Crippen LogP contribution in [-0.4, -0.2) is 6.04 Å². The van der Waals surface area contributed by atoms with Crippen LogP contribution >= 0.6 is 27.3 Å². The summed E-state index contributed by atoms with van der Waals surface area (Å²) in [4.78, 5) is 1.43. The number of rotatable bonds is 3. The van der Waals surface area contributed by atoms with Crippen LogP contribution in [-0.2, 0) is 6.42 Å². The predicted molar refractivity (Wildman–Crippen MR) is 68.0 cm³/mol. The summed E-state index contributed by atoms with van der Waals surface area (Å²) in [5, 5.41) is 0. The van der Waals surface area contributed by atoms with E-state index in [0.717, 1.165) is 24.2 Å². The molecule has 0 amide bonds. The lowest BCUT2D eigenvalue weighted by atomic mass is 10.0. The Morgan fingerprint density at radius 2 is 2.13 bits per heavy atom. The number of halogens is 1. The standard InChI is InChI=1S/C12H16BrNS/c13-11-5-4-7(15-11)6-10(14)12-8-2-1-3-9(8)12/h4-5,8-10,12H,1-3,6,14H2. The van der Waals surface area contributed by atoms with Gasteiger partial charge in [0.1, 0.15) is 0 Å². The molecule has 0 saturated heterocycles. The number of fused-ring (bicyclic) bond motifs is 1. The van der Waals surface area contributed by atoms with E-state index in [1.807, 2.05) is 11.3 Å². The van der Waals surface area contributed by atoms with Crippen molar-refractivity contribution in [2.24, 2.45) is 23.5 Å². The maximum atomic E-state index is 6.30. The highest BCUT2D eigenvalue weighted by Gasteiger charge is 2.54. The Labute approximate surface area is 103 Å². The van der Waals surface area contributed by atoms with Crippen LogP contribution in [0.5, 0.6) is 0 Å². The van der Waals surface area contributed by atoms with Crippen molar-refractivity contribution in [3.05, 3.63) is 20.8 Å². The van der Waals surface area contributed by atoms with Gasteiger partial charge in [-0.2, -0.15) is 0 Å². The third-order valence-corrected chi connectivity index (χ3v) is 5.68. The fourth-order valence-electron chi connectivity index (χ4n) is 3.34. The monoisotopic (exact) mass is 285 g/mol. The molecule has 2 fully saturated rings. The predicted octanol–water partition coefficient (Wildman–Crippen LogP) is 3.43. The summed E-state index contributed by atoms with van der Waals surface area (Å²) in [5.74, 6) is 2.83. The number of nitrogens with two attached hydrogens (primary N) is 1. The maximum Gasteiger partial charge on any atom is 0.0701 e.